The Morgan fingerprint density at radius 1 is 1.45 bits per heavy atom. The predicted molar refractivity (Wildman–Crippen MR) is 86.8 cm³/mol. The van der Waals surface area contributed by atoms with Gasteiger partial charge in [-0.25, -0.2) is 4.98 Å². The lowest BCUT2D eigenvalue weighted by Gasteiger charge is -2.00. The number of imidazole rings is 1. The van der Waals surface area contributed by atoms with Crippen molar-refractivity contribution in [3.8, 4) is 6.07 Å². The van der Waals surface area contributed by atoms with E-state index in [1.165, 1.54) is 6.08 Å². The first-order chi connectivity index (χ1) is 10.7. The van der Waals surface area contributed by atoms with Crippen LogP contribution in [-0.4, -0.2) is 21.2 Å². The molecule has 1 aliphatic heterocycles. The molecule has 0 spiro atoms. The number of anilines is 1. The lowest BCUT2D eigenvalue weighted by molar-refractivity contribution is -0.111. The van der Waals surface area contributed by atoms with Gasteiger partial charge in [0.1, 0.15) is 6.07 Å². The molecule has 1 aromatic carbocycles. The molecule has 0 fully saturated rings. The number of thioether (sulfide) groups is 1. The van der Waals surface area contributed by atoms with Crippen molar-refractivity contribution in [3.63, 3.8) is 0 Å². The molecule has 1 aliphatic rings. The number of benzene rings is 1. The molecule has 0 bridgehead atoms. The van der Waals surface area contributed by atoms with Crippen LogP contribution in [0, 0.1) is 11.3 Å². The van der Waals surface area contributed by atoms with Gasteiger partial charge >= 0.3 is 0 Å². The third-order valence-electron chi connectivity index (χ3n) is 3.12. The summed E-state index contributed by atoms with van der Waals surface area (Å²) in [6.45, 7) is 0.742. The standard InChI is InChI=1S/C15H11ClN4OS/c16-11-4-1-10(2-5-11)3-6-13(21)18-14-12(9-17)20-7-8-22-15(20)19-14/h1-6H,7-8H2,(H,18,21). The van der Waals surface area contributed by atoms with E-state index in [0.29, 0.717) is 16.5 Å². The minimum absolute atomic E-state index is 0.315. The van der Waals surface area contributed by atoms with Crippen molar-refractivity contribution in [1.82, 2.24) is 9.55 Å². The number of amides is 1. The zero-order valence-electron chi connectivity index (χ0n) is 11.4. The number of hydrogen-bond acceptors (Lipinski definition) is 4. The minimum atomic E-state index is -0.326. The van der Waals surface area contributed by atoms with Crippen molar-refractivity contribution in [2.45, 2.75) is 11.7 Å². The van der Waals surface area contributed by atoms with E-state index in [0.717, 1.165) is 23.0 Å². The monoisotopic (exact) mass is 330 g/mol. The zero-order chi connectivity index (χ0) is 15.5. The third kappa shape index (κ3) is 3.01. The first kappa shape index (κ1) is 14.7. The number of carbonyl (C=O) groups excluding carboxylic acids is 1. The molecule has 0 atom stereocenters. The highest BCUT2D eigenvalue weighted by Gasteiger charge is 2.22. The highest BCUT2D eigenvalue weighted by atomic mass is 35.5. The lowest BCUT2D eigenvalue weighted by Crippen LogP contribution is -2.10. The van der Waals surface area contributed by atoms with Crippen LogP contribution >= 0.6 is 23.4 Å². The van der Waals surface area contributed by atoms with Crippen molar-refractivity contribution >= 4 is 41.2 Å². The number of nitriles is 1. The number of aromatic nitrogens is 2. The van der Waals surface area contributed by atoms with E-state index in [4.69, 9.17) is 11.6 Å². The number of nitrogens with one attached hydrogen (secondary N) is 1. The Morgan fingerprint density at radius 2 is 2.23 bits per heavy atom. The number of nitrogens with zero attached hydrogens (tertiary/aromatic N) is 3. The number of rotatable bonds is 3. The largest absolute Gasteiger partial charge is 0.308 e. The molecule has 2 aromatic rings. The Bertz CT molecular complexity index is 789. The summed E-state index contributed by atoms with van der Waals surface area (Å²) in [5.41, 5.74) is 1.26. The van der Waals surface area contributed by atoms with Gasteiger partial charge in [0, 0.05) is 23.4 Å². The molecule has 5 nitrogen and oxygen atoms in total. The van der Waals surface area contributed by atoms with Crippen LogP contribution in [0.3, 0.4) is 0 Å². The van der Waals surface area contributed by atoms with Gasteiger partial charge in [-0.1, -0.05) is 35.5 Å². The summed E-state index contributed by atoms with van der Waals surface area (Å²) in [5, 5.41) is 13.3. The van der Waals surface area contributed by atoms with Gasteiger partial charge in [-0.3, -0.25) is 4.79 Å². The van der Waals surface area contributed by atoms with E-state index < -0.39 is 0 Å². The van der Waals surface area contributed by atoms with Crippen LogP contribution < -0.4 is 5.32 Å². The maximum atomic E-state index is 12.0. The molecule has 2 heterocycles. The lowest BCUT2D eigenvalue weighted by atomic mass is 10.2. The van der Waals surface area contributed by atoms with Crippen molar-refractivity contribution in [3.05, 3.63) is 46.6 Å². The second-order valence-corrected chi connectivity index (χ2v) is 6.08. The summed E-state index contributed by atoms with van der Waals surface area (Å²) >= 11 is 7.38. The van der Waals surface area contributed by atoms with Gasteiger partial charge in [0.2, 0.25) is 5.91 Å². The molecule has 3 rings (SSSR count). The normalized spacial score (nSPS) is 13.1. The number of carbonyl (C=O) groups is 1. The molecule has 22 heavy (non-hydrogen) atoms. The summed E-state index contributed by atoms with van der Waals surface area (Å²) in [6.07, 6.45) is 3.08. The average Bonchev–Trinajstić information content (AvgIpc) is 3.07. The summed E-state index contributed by atoms with van der Waals surface area (Å²) in [5.74, 6) is 0.894. The summed E-state index contributed by atoms with van der Waals surface area (Å²) in [6, 6.07) is 9.23. The second kappa shape index (κ2) is 6.26. The highest BCUT2D eigenvalue weighted by molar-refractivity contribution is 7.99. The van der Waals surface area contributed by atoms with Crippen molar-refractivity contribution < 1.29 is 4.79 Å². The van der Waals surface area contributed by atoms with Gasteiger partial charge in [-0.15, -0.1) is 0 Å². The molecule has 7 heteroatoms. The highest BCUT2D eigenvalue weighted by Crippen LogP contribution is 2.30. The summed E-state index contributed by atoms with van der Waals surface area (Å²) < 4.78 is 1.82. The van der Waals surface area contributed by atoms with Gasteiger partial charge in [0.25, 0.3) is 0 Å². The van der Waals surface area contributed by atoms with Gasteiger partial charge < -0.3 is 9.88 Å². The molecular formula is C15H11ClN4OS. The van der Waals surface area contributed by atoms with Crippen LogP contribution in [0.4, 0.5) is 5.82 Å². The molecule has 1 N–H and O–H groups in total. The van der Waals surface area contributed by atoms with Crippen LogP contribution in [0.25, 0.3) is 6.08 Å². The van der Waals surface area contributed by atoms with E-state index in [1.807, 2.05) is 16.7 Å². The molecule has 110 valence electrons. The Balaban J connectivity index is 1.72. The quantitative estimate of drug-likeness (QED) is 0.877. The predicted octanol–water partition coefficient (Wildman–Crippen LogP) is 3.17. The third-order valence-corrected chi connectivity index (χ3v) is 4.33. The fourth-order valence-corrected chi connectivity index (χ4v) is 3.16. The van der Waals surface area contributed by atoms with Crippen LogP contribution in [0.2, 0.25) is 5.02 Å². The molecular weight excluding hydrogens is 320 g/mol. The fourth-order valence-electron chi connectivity index (χ4n) is 2.08. The molecule has 0 radical (unpaired) electrons. The van der Waals surface area contributed by atoms with Crippen LogP contribution in [0.1, 0.15) is 11.3 Å². The van der Waals surface area contributed by atoms with Crippen LogP contribution in [0.5, 0.6) is 0 Å². The van der Waals surface area contributed by atoms with Crippen LogP contribution in [-0.2, 0) is 11.3 Å². The van der Waals surface area contributed by atoms with Crippen molar-refractivity contribution in [2.24, 2.45) is 0 Å². The maximum absolute atomic E-state index is 12.0. The number of halogens is 1. The SMILES string of the molecule is N#Cc1c(NC(=O)C=Cc2ccc(Cl)cc2)nc2n1CCS2. The average molecular weight is 331 g/mol. The molecule has 1 aromatic heterocycles. The Morgan fingerprint density at radius 3 is 2.95 bits per heavy atom. The van der Waals surface area contributed by atoms with Gasteiger partial charge in [-0.2, -0.15) is 5.26 Å². The Kier molecular flexibility index (Phi) is 4.18. The number of hydrogen-bond donors (Lipinski definition) is 1. The molecule has 0 aliphatic carbocycles. The van der Waals surface area contributed by atoms with E-state index in [2.05, 4.69) is 16.4 Å². The second-order valence-electron chi connectivity index (χ2n) is 4.58. The molecule has 0 saturated carbocycles. The Hall–Kier alpha value is -2.23. The first-order valence-electron chi connectivity index (χ1n) is 6.55. The van der Waals surface area contributed by atoms with E-state index in [-0.39, 0.29) is 5.91 Å². The van der Waals surface area contributed by atoms with Gasteiger partial charge in [-0.05, 0) is 23.8 Å². The summed E-state index contributed by atoms with van der Waals surface area (Å²) in [4.78, 5) is 16.2. The topological polar surface area (TPSA) is 70.7 Å². The Labute approximate surface area is 136 Å². The fraction of sp³-hybridized carbons (Fsp3) is 0.133. The molecule has 0 unspecified atom stereocenters. The molecule has 1 amide bonds. The maximum Gasteiger partial charge on any atom is 0.249 e. The first-order valence-corrected chi connectivity index (χ1v) is 7.92. The summed E-state index contributed by atoms with van der Waals surface area (Å²) in [7, 11) is 0. The zero-order valence-corrected chi connectivity index (χ0v) is 13.0. The van der Waals surface area contributed by atoms with Crippen molar-refractivity contribution in [2.75, 3.05) is 11.1 Å². The molecule has 0 saturated heterocycles. The van der Waals surface area contributed by atoms with E-state index in [9.17, 15) is 10.1 Å². The van der Waals surface area contributed by atoms with E-state index >= 15 is 0 Å². The smallest absolute Gasteiger partial charge is 0.249 e. The van der Waals surface area contributed by atoms with Crippen LogP contribution in [0.15, 0.2) is 35.5 Å². The van der Waals surface area contributed by atoms with Gasteiger partial charge in [0.15, 0.2) is 16.7 Å². The minimum Gasteiger partial charge on any atom is -0.308 e. The van der Waals surface area contributed by atoms with Crippen molar-refractivity contribution in [1.29, 1.82) is 5.26 Å². The number of fused-ring (bicyclic) bond motifs is 1. The van der Waals surface area contributed by atoms with Gasteiger partial charge in [0.05, 0.1) is 0 Å². The van der Waals surface area contributed by atoms with E-state index in [1.54, 1.807) is 30.0 Å².